The van der Waals surface area contributed by atoms with Crippen LogP contribution >= 0.6 is 11.6 Å². The minimum atomic E-state index is -0.329. The molecule has 3 aromatic rings. The molecule has 1 fully saturated rings. The summed E-state index contributed by atoms with van der Waals surface area (Å²) in [5.41, 5.74) is 2.80. The van der Waals surface area contributed by atoms with Crippen LogP contribution in [0.15, 0.2) is 55.4 Å². The van der Waals surface area contributed by atoms with Crippen LogP contribution in [0.5, 0.6) is 0 Å². The Hall–Kier alpha value is -3.18. The quantitative estimate of drug-likeness (QED) is 0.251. The molecule has 1 saturated carbocycles. The Balaban J connectivity index is 1.34. The minimum absolute atomic E-state index is 0.206. The fraction of sp³-hybridized carbons (Fsp3) is 0.367. The molecule has 36 heavy (non-hydrogen) atoms. The maximum Gasteiger partial charge on any atom is 0.337 e. The Morgan fingerprint density at radius 2 is 1.89 bits per heavy atom. The standard InChI is InChI=1S/C30H34ClN3O2/c1-5-20-18-32-27(31)16-21(20)7-6-14-30(2,3)25-10-12-26(13-11-25)34-28-17-24-15-22(29(35)36-4)8-9-23(24)19-33-28/h5-9,15-19,25-26H,1,10-14H2,2-4H3,(H,33,34). The smallest absolute Gasteiger partial charge is 0.337 e. The third kappa shape index (κ3) is 6.14. The molecular formula is C30H34ClN3O2. The highest BCUT2D eigenvalue weighted by Gasteiger charge is 2.32. The van der Waals surface area contributed by atoms with E-state index < -0.39 is 0 Å². The molecule has 0 atom stereocenters. The highest BCUT2D eigenvalue weighted by Crippen LogP contribution is 2.41. The largest absolute Gasteiger partial charge is 0.465 e. The van der Waals surface area contributed by atoms with Gasteiger partial charge in [0.05, 0.1) is 12.7 Å². The molecule has 0 unspecified atom stereocenters. The van der Waals surface area contributed by atoms with E-state index in [0.29, 0.717) is 22.7 Å². The molecule has 0 saturated heterocycles. The zero-order valence-electron chi connectivity index (χ0n) is 21.3. The number of hydrogen-bond acceptors (Lipinski definition) is 5. The number of nitrogens with one attached hydrogen (secondary N) is 1. The van der Waals surface area contributed by atoms with Gasteiger partial charge in [0.15, 0.2) is 0 Å². The number of methoxy groups -OCH3 is 1. The number of carbonyl (C=O) groups is 1. The van der Waals surface area contributed by atoms with Crippen molar-refractivity contribution in [3.63, 3.8) is 0 Å². The van der Waals surface area contributed by atoms with E-state index in [-0.39, 0.29) is 11.4 Å². The van der Waals surface area contributed by atoms with Gasteiger partial charge in [0.25, 0.3) is 0 Å². The van der Waals surface area contributed by atoms with Crippen molar-refractivity contribution in [1.82, 2.24) is 9.97 Å². The summed E-state index contributed by atoms with van der Waals surface area (Å²) in [4.78, 5) is 20.6. The third-order valence-electron chi connectivity index (χ3n) is 7.42. The predicted octanol–water partition coefficient (Wildman–Crippen LogP) is 7.81. The average molecular weight is 504 g/mol. The maximum atomic E-state index is 11.9. The number of allylic oxidation sites excluding steroid dienone is 1. The van der Waals surface area contributed by atoms with Gasteiger partial charge in [-0.2, -0.15) is 0 Å². The zero-order chi connectivity index (χ0) is 25.7. The summed E-state index contributed by atoms with van der Waals surface area (Å²) < 4.78 is 4.85. The van der Waals surface area contributed by atoms with Gasteiger partial charge >= 0.3 is 5.97 Å². The Kier molecular flexibility index (Phi) is 8.10. The second-order valence-corrected chi connectivity index (χ2v) is 10.6. The lowest BCUT2D eigenvalue weighted by molar-refractivity contribution is 0.0601. The van der Waals surface area contributed by atoms with Crippen molar-refractivity contribution in [1.29, 1.82) is 0 Å². The maximum absolute atomic E-state index is 11.9. The highest BCUT2D eigenvalue weighted by atomic mass is 35.5. The van der Waals surface area contributed by atoms with Crippen LogP contribution < -0.4 is 5.32 Å². The van der Waals surface area contributed by atoms with Gasteiger partial charge in [0, 0.05) is 23.8 Å². The van der Waals surface area contributed by atoms with E-state index in [2.05, 4.69) is 47.9 Å². The van der Waals surface area contributed by atoms with E-state index in [1.54, 1.807) is 12.3 Å². The molecule has 0 aliphatic heterocycles. The summed E-state index contributed by atoms with van der Waals surface area (Å²) >= 11 is 6.08. The zero-order valence-corrected chi connectivity index (χ0v) is 22.0. The molecule has 1 N–H and O–H groups in total. The van der Waals surface area contributed by atoms with E-state index >= 15 is 0 Å². The van der Waals surface area contributed by atoms with Gasteiger partial charge < -0.3 is 10.1 Å². The Bertz CT molecular complexity index is 1280. The van der Waals surface area contributed by atoms with Crippen molar-refractivity contribution in [2.75, 3.05) is 12.4 Å². The highest BCUT2D eigenvalue weighted by molar-refractivity contribution is 6.29. The van der Waals surface area contributed by atoms with Crippen LogP contribution in [0.25, 0.3) is 22.9 Å². The van der Waals surface area contributed by atoms with Gasteiger partial charge in [-0.05, 0) is 84.2 Å². The van der Waals surface area contributed by atoms with Crippen molar-refractivity contribution >= 4 is 46.3 Å². The number of carbonyl (C=O) groups excluding carboxylic acids is 1. The fourth-order valence-corrected chi connectivity index (χ4v) is 5.29. The van der Waals surface area contributed by atoms with E-state index in [9.17, 15) is 4.79 Å². The van der Waals surface area contributed by atoms with Crippen LogP contribution in [-0.2, 0) is 4.74 Å². The van der Waals surface area contributed by atoms with Gasteiger partial charge in [-0.1, -0.05) is 56.3 Å². The van der Waals surface area contributed by atoms with Crippen LogP contribution in [0.3, 0.4) is 0 Å². The Morgan fingerprint density at radius 1 is 1.11 bits per heavy atom. The average Bonchev–Trinajstić information content (AvgIpc) is 2.88. The molecule has 0 radical (unpaired) electrons. The molecule has 1 aliphatic carbocycles. The SMILES string of the molecule is C=Cc1cnc(Cl)cc1C=CCC(C)(C)C1CCC(Nc2cc3cc(C(=O)OC)ccc3cn2)CC1. The second-order valence-electron chi connectivity index (χ2n) is 10.3. The van der Waals surface area contributed by atoms with E-state index in [4.69, 9.17) is 16.3 Å². The number of aromatic nitrogens is 2. The van der Waals surface area contributed by atoms with Crippen molar-refractivity contribution in [3.8, 4) is 0 Å². The number of fused-ring (bicyclic) bond motifs is 1. The molecule has 1 aromatic carbocycles. The van der Waals surface area contributed by atoms with Gasteiger partial charge in [-0.25, -0.2) is 14.8 Å². The van der Waals surface area contributed by atoms with E-state index in [1.165, 1.54) is 20.0 Å². The number of anilines is 1. The number of ether oxygens (including phenoxy) is 1. The second kappa shape index (κ2) is 11.3. The van der Waals surface area contributed by atoms with Gasteiger partial charge in [0.1, 0.15) is 11.0 Å². The van der Waals surface area contributed by atoms with Crippen molar-refractivity contribution in [2.45, 2.75) is 52.0 Å². The van der Waals surface area contributed by atoms with E-state index in [0.717, 1.165) is 47.0 Å². The molecule has 2 aromatic heterocycles. The molecular weight excluding hydrogens is 470 g/mol. The normalized spacial score (nSPS) is 18.3. The van der Waals surface area contributed by atoms with Crippen LogP contribution in [0.2, 0.25) is 5.15 Å². The van der Waals surface area contributed by atoms with Gasteiger partial charge in [-0.15, -0.1) is 0 Å². The topological polar surface area (TPSA) is 64.1 Å². The number of halogens is 1. The molecule has 0 amide bonds. The molecule has 6 heteroatoms. The van der Waals surface area contributed by atoms with E-state index in [1.807, 2.05) is 36.5 Å². The lowest BCUT2D eigenvalue weighted by atomic mass is 9.68. The first-order chi connectivity index (χ1) is 17.3. The van der Waals surface area contributed by atoms with Crippen molar-refractivity contribution < 1.29 is 9.53 Å². The summed E-state index contributed by atoms with van der Waals surface area (Å²) in [7, 11) is 1.40. The molecule has 5 nitrogen and oxygen atoms in total. The van der Waals surface area contributed by atoms with Crippen LogP contribution in [0.4, 0.5) is 5.82 Å². The number of rotatable bonds is 8. The van der Waals surface area contributed by atoms with Crippen molar-refractivity contribution in [2.24, 2.45) is 11.3 Å². The molecule has 2 heterocycles. The number of hydrogen-bond donors (Lipinski definition) is 1. The molecule has 4 rings (SSSR count). The number of nitrogens with zero attached hydrogens (tertiary/aromatic N) is 2. The molecule has 0 bridgehead atoms. The number of pyridine rings is 2. The predicted molar refractivity (Wildman–Crippen MR) is 149 cm³/mol. The fourth-order valence-electron chi connectivity index (χ4n) is 5.12. The first-order valence-electron chi connectivity index (χ1n) is 12.5. The minimum Gasteiger partial charge on any atom is -0.465 e. The van der Waals surface area contributed by atoms with Crippen LogP contribution in [0, 0.1) is 11.3 Å². The van der Waals surface area contributed by atoms with Crippen LogP contribution in [0.1, 0.15) is 67.4 Å². The third-order valence-corrected chi connectivity index (χ3v) is 7.63. The Morgan fingerprint density at radius 3 is 2.61 bits per heavy atom. The summed E-state index contributed by atoms with van der Waals surface area (Å²) in [5.74, 6) is 1.18. The summed E-state index contributed by atoms with van der Waals surface area (Å²) in [6.07, 6.45) is 15.4. The Labute approximate surface area is 218 Å². The van der Waals surface area contributed by atoms with Crippen LogP contribution in [-0.4, -0.2) is 29.1 Å². The molecule has 188 valence electrons. The summed E-state index contributed by atoms with van der Waals surface area (Å²) in [5, 5.41) is 6.10. The summed E-state index contributed by atoms with van der Waals surface area (Å²) in [6.45, 7) is 8.61. The lowest BCUT2D eigenvalue weighted by Crippen LogP contribution is -2.33. The lowest BCUT2D eigenvalue weighted by Gasteiger charge is -2.39. The first-order valence-corrected chi connectivity index (χ1v) is 12.9. The number of esters is 1. The first kappa shape index (κ1) is 25.9. The van der Waals surface area contributed by atoms with Gasteiger partial charge in [-0.3, -0.25) is 0 Å². The molecule has 1 aliphatic rings. The molecule has 0 spiro atoms. The monoisotopic (exact) mass is 503 g/mol. The summed E-state index contributed by atoms with van der Waals surface area (Å²) in [6, 6.07) is 9.84. The number of benzene rings is 1. The van der Waals surface area contributed by atoms with Crippen molar-refractivity contribution in [3.05, 3.63) is 77.2 Å². The van der Waals surface area contributed by atoms with Gasteiger partial charge in [0.2, 0.25) is 0 Å².